The Kier molecular flexibility index (Phi) is 7.64. The van der Waals surface area contributed by atoms with E-state index in [4.69, 9.17) is 4.74 Å². The number of nitrogens with zero attached hydrogens (tertiary/aromatic N) is 4. The quantitative estimate of drug-likeness (QED) is 0.454. The summed E-state index contributed by atoms with van der Waals surface area (Å²) in [7, 11) is 3.64. The summed E-state index contributed by atoms with van der Waals surface area (Å²) in [6, 6.07) is 12.5. The number of nitrogens with one attached hydrogen (secondary N) is 1. The van der Waals surface area contributed by atoms with Gasteiger partial charge in [-0.2, -0.15) is 5.10 Å². The fraction of sp³-hybridized carbons (Fsp3) is 0.516. The zero-order valence-corrected chi connectivity index (χ0v) is 23.8. The maximum Gasteiger partial charge on any atom is 0.248 e. The van der Waals surface area contributed by atoms with E-state index >= 15 is 0 Å². The van der Waals surface area contributed by atoms with Crippen molar-refractivity contribution in [1.29, 1.82) is 0 Å². The zero-order valence-electron chi connectivity index (χ0n) is 23.8. The lowest BCUT2D eigenvalue weighted by Crippen LogP contribution is -2.63. The maximum absolute atomic E-state index is 12.5. The van der Waals surface area contributed by atoms with Crippen molar-refractivity contribution in [2.75, 3.05) is 46.9 Å². The summed E-state index contributed by atoms with van der Waals surface area (Å²) >= 11 is 0. The SMILES string of the molecule is COCC(=O)N1CCC(c2cc(-c3cncc([C@@](O)(c4ccc(C(C)C)cc4)C4(C)CN(C)C4)c3)n[nH]2)CC1. The van der Waals surface area contributed by atoms with Gasteiger partial charge in [-0.15, -0.1) is 0 Å². The number of aromatic amines is 1. The predicted octanol–water partition coefficient (Wildman–Crippen LogP) is 4.14. The first-order valence-electron chi connectivity index (χ1n) is 13.9. The standard InChI is InChI=1S/C31H41N5O3/c1-21(2)22-6-8-25(9-7-22)31(38,30(3)19-35(4)20-30)26-14-24(16-32-17-26)28-15-27(33-34-28)23-10-12-36(13-11-23)29(37)18-39-5/h6-9,14-17,21,23,38H,10-13,18-20H2,1-5H3,(H,33,34)/t31-/m0/s1. The minimum Gasteiger partial charge on any atom is -0.380 e. The number of carbonyl (C=O) groups excluding carboxylic acids is 1. The van der Waals surface area contributed by atoms with E-state index in [1.54, 1.807) is 13.3 Å². The lowest BCUT2D eigenvalue weighted by Gasteiger charge is -2.55. The Balaban J connectivity index is 1.41. The molecule has 0 unspecified atom stereocenters. The highest BCUT2D eigenvalue weighted by molar-refractivity contribution is 5.77. The molecule has 0 spiro atoms. The number of pyridine rings is 1. The normalized spacial score (nSPS) is 19.6. The Bertz CT molecular complexity index is 1290. The summed E-state index contributed by atoms with van der Waals surface area (Å²) < 4.78 is 5.00. The molecule has 2 aliphatic heterocycles. The Hall–Kier alpha value is -3.07. The summed E-state index contributed by atoms with van der Waals surface area (Å²) in [5.74, 6) is 0.783. The van der Waals surface area contributed by atoms with Crippen LogP contribution in [0.2, 0.25) is 0 Å². The van der Waals surface area contributed by atoms with Crippen LogP contribution < -0.4 is 0 Å². The third kappa shape index (κ3) is 5.13. The highest BCUT2D eigenvalue weighted by Gasteiger charge is 2.55. The van der Waals surface area contributed by atoms with Gasteiger partial charge in [-0.3, -0.25) is 14.9 Å². The first-order valence-corrected chi connectivity index (χ1v) is 13.9. The summed E-state index contributed by atoms with van der Waals surface area (Å²) in [6.45, 7) is 9.66. The molecular formula is C31H41N5O3. The van der Waals surface area contributed by atoms with Gasteiger partial charge in [0.1, 0.15) is 12.2 Å². The number of carbonyl (C=O) groups is 1. The monoisotopic (exact) mass is 531 g/mol. The number of aliphatic hydroxyl groups is 1. The van der Waals surface area contributed by atoms with Crippen LogP contribution in [0.3, 0.4) is 0 Å². The molecule has 4 heterocycles. The minimum atomic E-state index is -1.20. The average molecular weight is 532 g/mol. The van der Waals surface area contributed by atoms with E-state index in [0.29, 0.717) is 24.9 Å². The smallest absolute Gasteiger partial charge is 0.248 e. The average Bonchev–Trinajstić information content (AvgIpc) is 3.43. The molecule has 1 amide bonds. The molecule has 2 N–H and O–H groups in total. The largest absolute Gasteiger partial charge is 0.380 e. The molecule has 2 fully saturated rings. The number of rotatable bonds is 8. The molecule has 39 heavy (non-hydrogen) atoms. The first-order chi connectivity index (χ1) is 18.6. The first kappa shape index (κ1) is 27.5. The van der Waals surface area contributed by atoms with Crippen LogP contribution in [0, 0.1) is 5.41 Å². The molecule has 2 aliphatic rings. The van der Waals surface area contributed by atoms with Crippen LogP contribution in [-0.4, -0.2) is 82.9 Å². The van der Waals surface area contributed by atoms with Crippen LogP contribution in [-0.2, 0) is 15.1 Å². The van der Waals surface area contributed by atoms with Gasteiger partial charge < -0.3 is 19.6 Å². The molecule has 8 heteroatoms. The minimum absolute atomic E-state index is 0.0434. The van der Waals surface area contributed by atoms with E-state index in [1.807, 2.05) is 17.2 Å². The van der Waals surface area contributed by atoms with Gasteiger partial charge >= 0.3 is 0 Å². The maximum atomic E-state index is 12.5. The third-order valence-corrected chi connectivity index (χ3v) is 8.71. The Morgan fingerprint density at radius 3 is 2.46 bits per heavy atom. The summed E-state index contributed by atoms with van der Waals surface area (Å²) in [5.41, 5.74) is 4.12. The van der Waals surface area contributed by atoms with E-state index in [-0.39, 0.29) is 17.9 Å². The number of aromatic nitrogens is 3. The molecule has 1 atom stereocenters. The Morgan fingerprint density at radius 1 is 1.15 bits per heavy atom. The lowest BCUT2D eigenvalue weighted by molar-refractivity contribution is -0.136. The van der Waals surface area contributed by atoms with Crippen molar-refractivity contribution in [3.8, 4) is 11.3 Å². The number of likely N-dealkylation sites (tertiary alicyclic amines) is 2. The van der Waals surface area contributed by atoms with Gasteiger partial charge in [-0.25, -0.2) is 0 Å². The van der Waals surface area contributed by atoms with Crippen LogP contribution >= 0.6 is 0 Å². The third-order valence-electron chi connectivity index (χ3n) is 8.71. The van der Waals surface area contributed by atoms with E-state index < -0.39 is 5.60 Å². The number of hydrogen-bond donors (Lipinski definition) is 2. The highest BCUT2D eigenvalue weighted by Crippen LogP contribution is 2.50. The molecule has 0 bridgehead atoms. The number of methoxy groups -OCH3 is 1. The lowest BCUT2D eigenvalue weighted by atomic mass is 9.62. The van der Waals surface area contributed by atoms with Crippen molar-refractivity contribution in [3.05, 3.63) is 71.2 Å². The van der Waals surface area contributed by atoms with Crippen LogP contribution in [0.1, 0.15) is 67.8 Å². The fourth-order valence-corrected chi connectivity index (χ4v) is 6.47. The fourth-order valence-electron chi connectivity index (χ4n) is 6.47. The van der Waals surface area contributed by atoms with Gasteiger partial charge in [0.15, 0.2) is 0 Å². The molecule has 3 aromatic rings. The number of benzene rings is 1. The molecular weight excluding hydrogens is 490 g/mol. The Labute approximate surface area is 231 Å². The van der Waals surface area contributed by atoms with E-state index in [0.717, 1.165) is 54.0 Å². The van der Waals surface area contributed by atoms with E-state index in [9.17, 15) is 9.90 Å². The molecule has 2 aromatic heterocycles. The van der Waals surface area contributed by atoms with Crippen molar-refractivity contribution in [1.82, 2.24) is 25.0 Å². The van der Waals surface area contributed by atoms with Crippen molar-refractivity contribution in [2.24, 2.45) is 5.41 Å². The second kappa shape index (κ2) is 10.8. The van der Waals surface area contributed by atoms with Crippen molar-refractivity contribution in [3.63, 3.8) is 0 Å². The van der Waals surface area contributed by atoms with Gasteiger partial charge in [0.05, 0.1) is 5.69 Å². The van der Waals surface area contributed by atoms with Gasteiger partial charge in [-0.1, -0.05) is 45.0 Å². The molecule has 208 valence electrons. The second-order valence-corrected chi connectivity index (χ2v) is 12.0. The van der Waals surface area contributed by atoms with Crippen LogP contribution in [0.25, 0.3) is 11.3 Å². The van der Waals surface area contributed by atoms with Gasteiger partial charge in [-0.05, 0) is 49.1 Å². The van der Waals surface area contributed by atoms with Gasteiger partial charge in [0, 0.05) is 73.8 Å². The molecule has 8 nitrogen and oxygen atoms in total. The van der Waals surface area contributed by atoms with Crippen molar-refractivity contribution >= 4 is 5.91 Å². The topological polar surface area (TPSA) is 94.6 Å². The van der Waals surface area contributed by atoms with E-state index in [2.05, 4.69) is 78.2 Å². The molecule has 5 rings (SSSR count). The number of amides is 1. The van der Waals surface area contributed by atoms with Gasteiger partial charge in [0.2, 0.25) is 5.91 Å². The molecule has 0 radical (unpaired) electrons. The molecule has 2 saturated heterocycles. The highest BCUT2D eigenvalue weighted by atomic mass is 16.5. The van der Waals surface area contributed by atoms with Crippen molar-refractivity contribution in [2.45, 2.75) is 51.0 Å². The zero-order chi connectivity index (χ0) is 27.8. The van der Waals surface area contributed by atoms with Crippen LogP contribution in [0.4, 0.5) is 0 Å². The molecule has 1 aromatic carbocycles. The summed E-state index contributed by atoms with van der Waals surface area (Å²) in [4.78, 5) is 20.8. The second-order valence-electron chi connectivity index (χ2n) is 12.0. The van der Waals surface area contributed by atoms with Crippen molar-refractivity contribution < 1.29 is 14.6 Å². The Morgan fingerprint density at radius 2 is 1.85 bits per heavy atom. The summed E-state index contributed by atoms with van der Waals surface area (Å²) in [5, 5.41) is 20.4. The predicted molar refractivity (Wildman–Crippen MR) is 151 cm³/mol. The molecule has 0 aliphatic carbocycles. The molecule has 0 saturated carbocycles. The van der Waals surface area contributed by atoms with Crippen LogP contribution in [0.15, 0.2) is 48.8 Å². The summed E-state index contributed by atoms with van der Waals surface area (Å²) in [6.07, 6.45) is 5.37. The number of hydrogen-bond acceptors (Lipinski definition) is 6. The number of ether oxygens (including phenoxy) is 1. The van der Waals surface area contributed by atoms with E-state index in [1.165, 1.54) is 5.56 Å². The van der Waals surface area contributed by atoms with Crippen LogP contribution in [0.5, 0.6) is 0 Å². The number of piperidine rings is 1. The number of H-pyrrole nitrogens is 1. The van der Waals surface area contributed by atoms with Gasteiger partial charge in [0.25, 0.3) is 0 Å².